The average molecular weight is 507 g/mol. The first-order valence-corrected chi connectivity index (χ1v) is 13.8. The molecule has 0 saturated heterocycles. The van der Waals surface area contributed by atoms with E-state index < -0.39 is 0 Å². The molecule has 1 aromatic heterocycles. The van der Waals surface area contributed by atoms with Crippen LogP contribution in [0.15, 0.2) is 132 Å². The van der Waals surface area contributed by atoms with Crippen molar-refractivity contribution >= 4 is 33.1 Å². The van der Waals surface area contributed by atoms with Crippen LogP contribution in [0.4, 0.5) is 0 Å². The Kier molecular flexibility index (Phi) is 6.62. The third kappa shape index (κ3) is 4.46. The van der Waals surface area contributed by atoms with Gasteiger partial charge in [0, 0.05) is 33.3 Å². The summed E-state index contributed by atoms with van der Waals surface area (Å²) >= 11 is 0. The van der Waals surface area contributed by atoms with Crippen molar-refractivity contribution in [1.82, 2.24) is 4.57 Å². The van der Waals surface area contributed by atoms with Crippen LogP contribution in [0, 0.1) is 5.92 Å². The van der Waals surface area contributed by atoms with Gasteiger partial charge in [0.15, 0.2) is 0 Å². The molecule has 0 bridgehead atoms. The molecule has 0 saturated carbocycles. The van der Waals surface area contributed by atoms with Crippen molar-refractivity contribution in [2.75, 3.05) is 0 Å². The van der Waals surface area contributed by atoms with Crippen LogP contribution in [0.3, 0.4) is 0 Å². The van der Waals surface area contributed by atoms with Crippen LogP contribution in [0.5, 0.6) is 0 Å². The molecule has 4 aromatic carbocycles. The normalized spacial score (nSPS) is 16.1. The van der Waals surface area contributed by atoms with Gasteiger partial charge in [-0.1, -0.05) is 91.4 Å². The number of aliphatic imine (C=N–C) groups is 1. The van der Waals surface area contributed by atoms with E-state index in [-0.39, 0.29) is 0 Å². The molecular formula is C37H34N2. The van der Waals surface area contributed by atoms with Crippen LogP contribution in [0.1, 0.15) is 43.9 Å². The van der Waals surface area contributed by atoms with Crippen LogP contribution in [-0.2, 0) is 6.42 Å². The van der Waals surface area contributed by atoms with Crippen molar-refractivity contribution in [1.29, 1.82) is 0 Å². The Bertz CT molecular complexity index is 1790. The van der Waals surface area contributed by atoms with Gasteiger partial charge in [-0.15, -0.1) is 6.58 Å². The first kappa shape index (κ1) is 24.9. The second-order valence-corrected chi connectivity index (χ2v) is 10.6. The highest BCUT2D eigenvalue weighted by atomic mass is 15.0. The minimum atomic E-state index is 0.460. The molecule has 2 nitrogen and oxygen atoms in total. The predicted molar refractivity (Wildman–Crippen MR) is 168 cm³/mol. The Morgan fingerprint density at radius 3 is 2.44 bits per heavy atom. The van der Waals surface area contributed by atoms with Gasteiger partial charge >= 0.3 is 0 Å². The minimum Gasteiger partial charge on any atom is -0.309 e. The second-order valence-electron chi connectivity index (χ2n) is 10.6. The van der Waals surface area contributed by atoms with Gasteiger partial charge in [-0.05, 0) is 74.1 Å². The van der Waals surface area contributed by atoms with Crippen molar-refractivity contribution in [3.8, 4) is 5.69 Å². The smallest absolute Gasteiger partial charge is 0.0783 e. The maximum atomic E-state index is 5.31. The topological polar surface area (TPSA) is 17.3 Å². The first-order valence-electron chi connectivity index (χ1n) is 13.8. The maximum Gasteiger partial charge on any atom is 0.0783 e. The Morgan fingerprint density at radius 2 is 1.62 bits per heavy atom. The molecular weight excluding hydrogens is 472 g/mol. The summed E-state index contributed by atoms with van der Waals surface area (Å²) in [5, 5.41) is 2.49. The van der Waals surface area contributed by atoms with E-state index in [1.165, 1.54) is 49.8 Å². The molecule has 0 radical (unpaired) electrons. The maximum absolute atomic E-state index is 5.31. The molecule has 0 fully saturated rings. The number of nitrogens with zero attached hydrogens (tertiary/aromatic N) is 2. The van der Waals surface area contributed by atoms with E-state index in [9.17, 15) is 0 Å². The molecule has 0 N–H and O–H groups in total. The third-order valence-corrected chi connectivity index (χ3v) is 8.01. The van der Waals surface area contributed by atoms with Crippen molar-refractivity contribution in [2.45, 2.75) is 33.6 Å². The number of benzene rings is 4. The van der Waals surface area contributed by atoms with Gasteiger partial charge in [0.05, 0.1) is 16.7 Å². The lowest BCUT2D eigenvalue weighted by atomic mass is 9.77. The summed E-state index contributed by atoms with van der Waals surface area (Å²) in [5.74, 6) is 0.460. The first-order chi connectivity index (χ1) is 19.1. The molecule has 192 valence electrons. The number of allylic oxidation sites excluding steroid dienone is 5. The SMILES string of the molecule is C=CC/C=C(/C)N=C(C1=C(C)C(C)Cc2ccccc21)c1ccc2c(c1)c1ccccc1n2-c1ccccc1. The van der Waals surface area contributed by atoms with Gasteiger partial charge in [0.1, 0.15) is 0 Å². The van der Waals surface area contributed by atoms with Gasteiger partial charge in [-0.25, -0.2) is 0 Å². The van der Waals surface area contributed by atoms with Gasteiger partial charge in [-0.3, -0.25) is 4.99 Å². The Hall–Kier alpha value is -4.43. The fourth-order valence-corrected chi connectivity index (χ4v) is 5.91. The Labute approximate surface area is 231 Å². The van der Waals surface area contributed by atoms with Crippen LogP contribution in [-0.4, -0.2) is 10.3 Å². The molecule has 0 amide bonds. The molecule has 1 atom stereocenters. The van der Waals surface area contributed by atoms with Crippen LogP contribution in [0.2, 0.25) is 0 Å². The number of hydrogen-bond donors (Lipinski definition) is 0. The largest absolute Gasteiger partial charge is 0.309 e. The lowest BCUT2D eigenvalue weighted by Gasteiger charge is -2.28. The standard InChI is InChI=1S/C37H34N2/c1-5-6-14-26(3)38-37(36-27(4)25(2)23-28-15-10-11-18-31(28)36)29-21-22-35-33(24-29)32-19-12-13-20-34(32)39(35)30-16-8-7-9-17-30/h5,7-22,24-25H,1,6,23H2,2-4H3/b26-14-,38-37?. The Balaban J connectivity index is 1.63. The molecule has 1 heterocycles. The summed E-state index contributed by atoms with van der Waals surface area (Å²) in [6.45, 7) is 10.6. The van der Waals surface area contributed by atoms with Crippen molar-refractivity contribution in [2.24, 2.45) is 10.9 Å². The zero-order valence-corrected chi connectivity index (χ0v) is 23.0. The van der Waals surface area contributed by atoms with Gasteiger partial charge in [-0.2, -0.15) is 0 Å². The van der Waals surface area contributed by atoms with Crippen LogP contribution >= 0.6 is 0 Å². The molecule has 1 unspecified atom stereocenters. The van der Waals surface area contributed by atoms with E-state index in [0.29, 0.717) is 5.92 Å². The number of rotatable bonds is 6. The quantitative estimate of drug-likeness (QED) is 0.161. The van der Waals surface area contributed by atoms with E-state index in [4.69, 9.17) is 4.99 Å². The van der Waals surface area contributed by atoms with E-state index in [1.54, 1.807) is 0 Å². The number of para-hydroxylation sites is 2. The fraction of sp³-hybridized carbons (Fsp3) is 0.162. The van der Waals surface area contributed by atoms with Crippen molar-refractivity contribution in [3.63, 3.8) is 0 Å². The third-order valence-electron chi connectivity index (χ3n) is 8.01. The summed E-state index contributed by atoms with van der Waals surface area (Å²) < 4.78 is 2.36. The van der Waals surface area contributed by atoms with E-state index in [1.807, 2.05) is 6.08 Å². The number of fused-ring (bicyclic) bond motifs is 4. The van der Waals surface area contributed by atoms with E-state index >= 15 is 0 Å². The average Bonchev–Trinajstić information content (AvgIpc) is 3.30. The van der Waals surface area contributed by atoms with Gasteiger partial charge in [0.2, 0.25) is 0 Å². The monoisotopic (exact) mass is 506 g/mol. The molecule has 0 aliphatic heterocycles. The minimum absolute atomic E-state index is 0.460. The fourth-order valence-electron chi connectivity index (χ4n) is 5.91. The number of hydrogen-bond acceptors (Lipinski definition) is 1. The lowest BCUT2D eigenvalue weighted by Crippen LogP contribution is -2.18. The summed E-state index contributed by atoms with van der Waals surface area (Å²) in [4.78, 5) is 5.31. The zero-order valence-electron chi connectivity index (χ0n) is 23.0. The van der Waals surface area contributed by atoms with E-state index in [0.717, 1.165) is 29.8 Å². The zero-order chi connectivity index (χ0) is 26.9. The molecule has 0 spiro atoms. The highest BCUT2D eigenvalue weighted by Gasteiger charge is 2.26. The van der Waals surface area contributed by atoms with E-state index in [2.05, 4.69) is 135 Å². The molecule has 1 aliphatic carbocycles. The summed E-state index contributed by atoms with van der Waals surface area (Å²) in [6.07, 6.45) is 5.94. The summed E-state index contributed by atoms with van der Waals surface area (Å²) in [6, 6.07) is 35.0. The van der Waals surface area contributed by atoms with Crippen LogP contribution < -0.4 is 0 Å². The molecule has 39 heavy (non-hydrogen) atoms. The molecule has 1 aliphatic rings. The molecule has 5 aromatic rings. The number of aromatic nitrogens is 1. The second kappa shape index (κ2) is 10.4. The highest BCUT2D eigenvalue weighted by molar-refractivity contribution is 6.34. The lowest BCUT2D eigenvalue weighted by molar-refractivity contribution is 0.669. The van der Waals surface area contributed by atoms with Gasteiger partial charge < -0.3 is 4.57 Å². The van der Waals surface area contributed by atoms with Gasteiger partial charge in [0.25, 0.3) is 0 Å². The highest BCUT2D eigenvalue weighted by Crippen LogP contribution is 2.39. The molecule has 6 rings (SSSR count). The summed E-state index contributed by atoms with van der Waals surface area (Å²) in [7, 11) is 0. The molecule has 2 heteroatoms. The summed E-state index contributed by atoms with van der Waals surface area (Å²) in [5.41, 5.74) is 12.1. The van der Waals surface area contributed by atoms with Crippen molar-refractivity contribution < 1.29 is 0 Å². The predicted octanol–water partition coefficient (Wildman–Crippen LogP) is 9.72. The Morgan fingerprint density at radius 1 is 0.897 bits per heavy atom. The van der Waals surface area contributed by atoms with Crippen LogP contribution in [0.25, 0.3) is 33.1 Å². The van der Waals surface area contributed by atoms with Crippen molar-refractivity contribution in [3.05, 3.63) is 144 Å².